The van der Waals surface area contributed by atoms with Gasteiger partial charge in [0.15, 0.2) is 0 Å². The predicted octanol–water partition coefficient (Wildman–Crippen LogP) is 8.14. The van der Waals surface area contributed by atoms with Crippen molar-refractivity contribution in [3.63, 3.8) is 0 Å². The van der Waals surface area contributed by atoms with Crippen molar-refractivity contribution in [2.45, 2.75) is 27.7 Å². The zero-order valence-electron chi connectivity index (χ0n) is 19.4. The van der Waals surface area contributed by atoms with Crippen LogP contribution in [0.2, 0.25) is 0 Å². The number of benzene rings is 1. The predicted molar refractivity (Wildman–Crippen MR) is 131 cm³/mol. The van der Waals surface area contributed by atoms with Gasteiger partial charge in [0.2, 0.25) is 0 Å². The monoisotopic (exact) mass is 494 g/mol. The summed E-state index contributed by atoms with van der Waals surface area (Å²) in [7, 11) is 0. The Labute approximate surface area is 219 Å². The van der Waals surface area contributed by atoms with E-state index in [2.05, 4.69) is 88.4 Å². The fraction of sp³-hybridized carbons (Fsp3) is 0.133. The van der Waals surface area contributed by atoms with Crippen molar-refractivity contribution in [3.05, 3.63) is 156 Å². The fourth-order valence-electron chi connectivity index (χ4n) is 2.18. The third-order valence-corrected chi connectivity index (χ3v) is 3.87. The molecule has 0 nitrogen and oxygen atoms in total. The Kier molecular flexibility index (Phi) is 22.0. The fourth-order valence-corrected chi connectivity index (χ4v) is 2.18. The van der Waals surface area contributed by atoms with Gasteiger partial charge in [0.1, 0.15) is 0 Å². The van der Waals surface area contributed by atoms with Crippen LogP contribution in [0.15, 0.2) is 121 Å². The van der Waals surface area contributed by atoms with Gasteiger partial charge in [-0.3, -0.25) is 24.3 Å². The zero-order valence-corrected chi connectivity index (χ0v) is 22.2. The Morgan fingerprint density at radius 3 is 0.812 bits per heavy atom. The third-order valence-electron chi connectivity index (χ3n) is 3.87. The van der Waals surface area contributed by atoms with Crippen molar-refractivity contribution in [2.24, 2.45) is 0 Å². The molecule has 0 heterocycles. The molecule has 0 N–H and O–H groups in total. The average Bonchev–Trinajstić information content (AvgIpc) is 3.57. The Hall–Kier alpha value is -2.21. The third kappa shape index (κ3) is 19.7. The molecule has 0 aliphatic carbocycles. The first kappa shape index (κ1) is 32.0. The molecule has 0 aliphatic heterocycles. The van der Waals surface area contributed by atoms with Crippen LogP contribution in [0.1, 0.15) is 22.3 Å². The Balaban J connectivity index is 0. The van der Waals surface area contributed by atoms with Gasteiger partial charge < -0.3 is 42.0 Å². The van der Waals surface area contributed by atoms with Gasteiger partial charge in [-0.05, 0) is 0 Å². The van der Waals surface area contributed by atoms with E-state index in [1.807, 2.05) is 72.8 Å². The molecule has 0 fully saturated rings. The molecule has 0 aromatic heterocycles. The van der Waals surface area contributed by atoms with E-state index >= 15 is 0 Å². The van der Waals surface area contributed by atoms with Crippen LogP contribution in [0.5, 0.6) is 0 Å². The van der Waals surface area contributed by atoms with E-state index in [0.29, 0.717) is 0 Å². The van der Waals surface area contributed by atoms with Gasteiger partial charge in [0.25, 0.3) is 0 Å². The Bertz CT molecular complexity index is 741. The van der Waals surface area contributed by atoms with E-state index in [1.54, 1.807) is 0 Å². The van der Waals surface area contributed by atoms with Crippen LogP contribution in [0.25, 0.3) is 0 Å². The van der Waals surface area contributed by atoms with Gasteiger partial charge in [0, 0.05) is 37.1 Å². The van der Waals surface area contributed by atoms with E-state index in [0.717, 1.165) is 0 Å². The molecule has 0 unspecified atom stereocenters. The topological polar surface area (TPSA) is 0 Å². The van der Waals surface area contributed by atoms with Crippen LogP contribution < -0.4 is 0 Å². The largest absolute Gasteiger partial charge is 0.748 e. The van der Waals surface area contributed by atoms with Crippen LogP contribution in [0.4, 0.5) is 0 Å². The SMILES string of the molecule is C[c-]1[cH-][cH-][cH-][cH-]1.C[c-]1cccc1.C[c-]1cccc1.C[c-]1cccc1.[V].[V].[c-]1cc[c-]cc1. The Morgan fingerprint density at radius 1 is 0.469 bits per heavy atom. The maximum atomic E-state index is 2.86. The van der Waals surface area contributed by atoms with Crippen LogP contribution in [0.3, 0.4) is 0 Å². The molecule has 0 amide bonds. The second-order valence-corrected chi connectivity index (χ2v) is 6.85. The van der Waals surface area contributed by atoms with Gasteiger partial charge in [-0.15, -0.1) is 0 Å². The molecule has 0 aliphatic rings. The smallest absolute Gasteiger partial charge is 0 e. The minimum absolute atomic E-state index is 0. The molecular weight excluding hydrogens is 462 g/mol. The first-order valence-electron chi connectivity index (χ1n) is 10.1. The molecule has 32 heavy (non-hydrogen) atoms. The molecule has 0 spiro atoms. The van der Waals surface area contributed by atoms with E-state index < -0.39 is 0 Å². The molecule has 0 bridgehead atoms. The standard InChI is InChI=1S/4C6H7.C6H4.2V/c4*1-6-4-2-3-5-6;1-2-4-6-5-3-1;;/h4*2-5H,1H3;1-2,5-6H;;/q-5;3*-1;-2;;. The van der Waals surface area contributed by atoms with Crippen molar-refractivity contribution < 1.29 is 37.1 Å². The van der Waals surface area contributed by atoms with Crippen LogP contribution in [0, 0.1) is 39.8 Å². The average molecular weight is 494 g/mol. The van der Waals surface area contributed by atoms with Gasteiger partial charge >= 0.3 is 0 Å². The first-order chi connectivity index (χ1) is 14.6. The molecule has 0 atom stereocenters. The molecular formula is C30H32V2-10. The maximum absolute atomic E-state index is 2.86. The summed E-state index contributed by atoms with van der Waals surface area (Å²) in [6, 6.07) is 46.0. The minimum atomic E-state index is 0. The van der Waals surface area contributed by atoms with Gasteiger partial charge in [-0.2, -0.15) is 53.1 Å². The summed E-state index contributed by atoms with van der Waals surface area (Å²) >= 11 is 0. The van der Waals surface area contributed by atoms with E-state index in [1.165, 1.54) is 22.3 Å². The summed E-state index contributed by atoms with van der Waals surface area (Å²) in [5, 5.41) is 0. The zero-order chi connectivity index (χ0) is 21.9. The first-order valence-corrected chi connectivity index (χ1v) is 10.1. The van der Waals surface area contributed by atoms with Crippen molar-refractivity contribution >= 4 is 0 Å². The number of hydrogen-bond acceptors (Lipinski definition) is 0. The quantitative estimate of drug-likeness (QED) is 0.191. The van der Waals surface area contributed by atoms with E-state index in [9.17, 15) is 0 Å². The second kappa shape index (κ2) is 22.0. The number of hydrogen-bond donors (Lipinski definition) is 0. The van der Waals surface area contributed by atoms with E-state index in [-0.39, 0.29) is 37.1 Å². The summed E-state index contributed by atoms with van der Waals surface area (Å²) in [5.74, 6) is 0. The summed E-state index contributed by atoms with van der Waals surface area (Å²) in [6.07, 6.45) is 0. The minimum Gasteiger partial charge on any atom is -0.748 e. The van der Waals surface area contributed by atoms with Gasteiger partial charge in [0.05, 0.1) is 0 Å². The maximum Gasteiger partial charge on any atom is 0 e. The molecule has 2 radical (unpaired) electrons. The van der Waals surface area contributed by atoms with Crippen molar-refractivity contribution in [1.82, 2.24) is 0 Å². The molecule has 5 rings (SSSR count). The van der Waals surface area contributed by atoms with Crippen molar-refractivity contribution in [3.8, 4) is 0 Å². The van der Waals surface area contributed by atoms with Crippen LogP contribution >= 0.6 is 0 Å². The van der Waals surface area contributed by atoms with Crippen LogP contribution in [-0.4, -0.2) is 0 Å². The molecule has 172 valence electrons. The summed E-state index contributed by atoms with van der Waals surface area (Å²) < 4.78 is 0. The van der Waals surface area contributed by atoms with Crippen molar-refractivity contribution in [2.75, 3.05) is 0 Å². The summed E-state index contributed by atoms with van der Waals surface area (Å²) in [5.41, 5.74) is 5.37. The second-order valence-electron chi connectivity index (χ2n) is 6.85. The van der Waals surface area contributed by atoms with Gasteiger partial charge in [-0.1, -0.05) is 20.8 Å². The molecule has 5 aromatic rings. The van der Waals surface area contributed by atoms with Crippen molar-refractivity contribution in [1.29, 1.82) is 0 Å². The number of aryl methyl sites for hydroxylation is 4. The summed E-state index contributed by atoms with van der Waals surface area (Å²) in [6.45, 7) is 8.33. The van der Waals surface area contributed by atoms with Gasteiger partial charge in [-0.25, -0.2) is 43.3 Å². The molecule has 5 aromatic carbocycles. The normalized spacial score (nSPS) is 8.12. The Morgan fingerprint density at radius 2 is 0.719 bits per heavy atom. The van der Waals surface area contributed by atoms with E-state index in [4.69, 9.17) is 0 Å². The number of rotatable bonds is 0. The molecule has 2 heteroatoms. The molecule has 0 saturated carbocycles. The van der Waals surface area contributed by atoms with Crippen LogP contribution in [-0.2, 0) is 37.1 Å². The molecule has 0 saturated heterocycles. The summed E-state index contributed by atoms with van der Waals surface area (Å²) in [4.78, 5) is 0.